The number of aromatic nitrogens is 2. The number of aromatic hydroxyl groups is 3. The van der Waals surface area contributed by atoms with Gasteiger partial charge in [-0.15, -0.1) is 0 Å². The van der Waals surface area contributed by atoms with Gasteiger partial charge in [0.1, 0.15) is 5.75 Å². The highest BCUT2D eigenvalue weighted by molar-refractivity contribution is 9.08. The number of nitrogens with zero attached hydrogens (tertiary/aromatic N) is 2. The molecule has 3 rings (SSSR count). The Morgan fingerprint density at radius 1 is 1.00 bits per heavy atom. The maximum atomic E-state index is 10.3. The van der Waals surface area contributed by atoms with Gasteiger partial charge < -0.3 is 15.3 Å². The molecule has 2 aromatic heterocycles. The summed E-state index contributed by atoms with van der Waals surface area (Å²) in [4.78, 5) is 4.10. The van der Waals surface area contributed by atoms with Crippen LogP contribution < -0.4 is 0 Å². The van der Waals surface area contributed by atoms with Gasteiger partial charge in [0.15, 0.2) is 11.8 Å². The summed E-state index contributed by atoms with van der Waals surface area (Å²) in [6, 6.07) is 11.7. The lowest BCUT2D eigenvalue weighted by Crippen LogP contribution is -1.94. The van der Waals surface area contributed by atoms with Crippen molar-refractivity contribution in [3.63, 3.8) is 0 Å². The zero-order valence-electron chi connectivity index (χ0n) is 11.4. The molecule has 0 saturated carbocycles. The average Bonchev–Trinajstić information content (AvgIpc) is 2.86. The molecule has 1 aromatic carbocycles. The molecule has 0 spiro atoms. The number of halogens is 1. The van der Waals surface area contributed by atoms with E-state index in [0.29, 0.717) is 22.3 Å². The zero-order chi connectivity index (χ0) is 15.7. The maximum Gasteiger partial charge on any atom is 0.198 e. The third-order valence-corrected chi connectivity index (χ3v) is 3.91. The first-order valence-corrected chi connectivity index (χ1v) is 7.67. The van der Waals surface area contributed by atoms with Crippen LogP contribution in [0.3, 0.4) is 0 Å². The minimum absolute atomic E-state index is 0.0604. The van der Waals surface area contributed by atoms with Crippen LogP contribution >= 0.6 is 15.9 Å². The summed E-state index contributed by atoms with van der Waals surface area (Å²) in [7, 11) is 0. The van der Waals surface area contributed by atoms with Gasteiger partial charge in [-0.05, 0) is 23.8 Å². The lowest BCUT2D eigenvalue weighted by Gasteiger charge is -2.11. The molecule has 0 amide bonds. The topological polar surface area (TPSA) is 78.5 Å². The van der Waals surface area contributed by atoms with Gasteiger partial charge in [0.25, 0.3) is 0 Å². The number of alkyl halides is 1. The Hall–Kier alpha value is -2.47. The number of pyridine rings is 1. The van der Waals surface area contributed by atoms with Crippen molar-refractivity contribution >= 4 is 15.9 Å². The van der Waals surface area contributed by atoms with Crippen LogP contribution in [0.2, 0.25) is 0 Å². The first-order valence-electron chi connectivity index (χ1n) is 6.55. The monoisotopic (exact) mass is 360 g/mol. The Morgan fingerprint density at radius 2 is 1.73 bits per heavy atom. The van der Waals surface area contributed by atoms with E-state index in [2.05, 4.69) is 20.9 Å². The Balaban J connectivity index is 2.13. The third-order valence-electron chi connectivity index (χ3n) is 3.38. The van der Waals surface area contributed by atoms with E-state index < -0.39 is 0 Å². The summed E-state index contributed by atoms with van der Waals surface area (Å²) >= 11 is 3.29. The molecule has 5 nitrogen and oxygen atoms in total. The number of benzene rings is 1. The van der Waals surface area contributed by atoms with E-state index in [4.69, 9.17) is 0 Å². The van der Waals surface area contributed by atoms with Crippen LogP contribution in [-0.2, 0) is 5.33 Å². The minimum Gasteiger partial charge on any atom is -0.505 e. The summed E-state index contributed by atoms with van der Waals surface area (Å²) in [5.74, 6) is -0.0121. The molecule has 0 aliphatic carbocycles. The standard InChI is InChI=1S/C16H13BrN2O3/c17-9-13-16(22)12(6-7-18-13)10-2-1-3-11(8-10)19-14(20)4-5-15(19)21/h1-8,20-22H,9H2. The molecule has 2 heterocycles. The summed E-state index contributed by atoms with van der Waals surface area (Å²) in [6.45, 7) is 0. The fourth-order valence-electron chi connectivity index (χ4n) is 2.32. The van der Waals surface area contributed by atoms with Gasteiger partial charge in [-0.3, -0.25) is 9.55 Å². The summed E-state index contributed by atoms with van der Waals surface area (Å²) in [5.41, 5.74) is 2.54. The molecule has 3 aromatic rings. The van der Waals surface area contributed by atoms with Crippen LogP contribution in [0.5, 0.6) is 17.5 Å². The second-order valence-corrected chi connectivity index (χ2v) is 5.28. The highest BCUT2D eigenvalue weighted by Gasteiger charge is 2.12. The van der Waals surface area contributed by atoms with E-state index in [0.717, 1.165) is 5.56 Å². The van der Waals surface area contributed by atoms with E-state index in [1.807, 2.05) is 6.07 Å². The van der Waals surface area contributed by atoms with Crippen LogP contribution in [0, 0.1) is 0 Å². The molecule has 22 heavy (non-hydrogen) atoms. The van der Waals surface area contributed by atoms with E-state index in [-0.39, 0.29) is 17.5 Å². The molecule has 0 bridgehead atoms. The number of rotatable bonds is 3. The lowest BCUT2D eigenvalue weighted by atomic mass is 10.0. The van der Waals surface area contributed by atoms with Gasteiger partial charge >= 0.3 is 0 Å². The van der Waals surface area contributed by atoms with Gasteiger partial charge in [0.2, 0.25) is 0 Å². The van der Waals surface area contributed by atoms with Gasteiger partial charge in [-0.1, -0.05) is 28.1 Å². The molecule has 0 atom stereocenters. The molecule has 0 aliphatic rings. The van der Waals surface area contributed by atoms with Crippen LogP contribution in [0.4, 0.5) is 0 Å². The van der Waals surface area contributed by atoms with E-state index in [9.17, 15) is 15.3 Å². The van der Waals surface area contributed by atoms with Crippen molar-refractivity contribution in [1.82, 2.24) is 9.55 Å². The molecular weight excluding hydrogens is 348 g/mol. The van der Waals surface area contributed by atoms with Crippen molar-refractivity contribution in [2.75, 3.05) is 0 Å². The normalized spacial score (nSPS) is 10.8. The van der Waals surface area contributed by atoms with Gasteiger partial charge in [0, 0.05) is 29.2 Å². The Labute approximate surface area is 135 Å². The van der Waals surface area contributed by atoms with Crippen molar-refractivity contribution < 1.29 is 15.3 Å². The molecular formula is C16H13BrN2O3. The summed E-state index contributed by atoms with van der Waals surface area (Å²) in [5, 5.41) is 30.4. The van der Waals surface area contributed by atoms with Gasteiger partial charge in [-0.2, -0.15) is 0 Å². The Bertz CT molecular complexity index is 811. The second-order valence-electron chi connectivity index (χ2n) is 4.72. The molecule has 6 heteroatoms. The van der Waals surface area contributed by atoms with E-state index >= 15 is 0 Å². The summed E-state index contributed by atoms with van der Waals surface area (Å²) < 4.78 is 1.31. The molecule has 0 aliphatic heterocycles. The smallest absolute Gasteiger partial charge is 0.198 e. The first-order chi connectivity index (χ1) is 10.6. The fraction of sp³-hybridized carbons (Fsp3) is 0.0625. The molecule has 3 N–H and O–H groups in total. The van der Waals surface area contributed by atoms with Gasteiger partial charge in [0.05, 0.1) is 11.4 Å². The van der Waals surface area contributed by atoms with E-state index in [1.165, 1.54) is 16.7 Å². The number of hydrogen-bond acceptors (Lipinski definition) is 4. The highest BCUT2D eigenvalue weighted by atomic mass is 79.9. The summed E-state index contributed by atoms with van der Waals surface area (Å²) in [6.07, 6.45) is 1.63. The first kappa shape index (κ1) is 14.5. The zero-order valence-corrected chi connectivity index (χ0v) is 13.0. The molecule has 0 saturated heterocycles. The van der Waals surface area contributed by atoms with Crippen molar-refractivity contribution in [1.29, 1.82) is 0 Å². The second kappa shape index (κ2) is 5.73. The number of hydrogen-bond donors (Lipinski definition) is 3. The molecule has 0 fully saturated rings. The predicted molar refractivity (Wildman–Crippen MR) is 86.6 cm³/mol. The molecule has 0 radical (unpaired) electrons. The highest BCUT2D eigenvalue weighted by Crippen LogP contribution is 2.34. The Morgan fingerprint density at radius 3 is 2.41 bits per heavy atom. The van der Waals surface area contributed by atoms with E-state index in [1.54, 1.807) is 30.5 Å². The average molecular weight is 361 g/mol. The fourth-order valence-corrected chi connectivity index (χ4v) is 2.73. The molecule has 0 unspecified atom stereocenters. The van der Waals surface area contributed by atoms with Crippen LogP contribution in [0.15, 0.2) is 48.7 Å². The quantitative estimate of drug-likeness (QED) is 0.624. The van der Waals surface area contributed by atoms with Crippen molar-refractivity contribution in [2.24, 2.45) is 0 Å². The van der Waals surface area contributed by atoms with Gasteiger partial charge in [-0.25, -0.2) is 0 Å². The third kappa shape index (κ3) is 2.42. The maximum absolute atomic E-state index is 10.3. The van der Waals surface area contributed by atoms with Crippen LogP contribution in [0.25, 0.3) is 16.8 Å². The molecule has 112 valence electrons. The lowest BCUT2D eigenvalue weighted by molar-refractivity contribution is 0.402. The van der Waals surface area contributed by atoms with Crippen molar-refractivity contribution in [3.05, 3.63) is 54.4 Å². The van der Waals surface area contributed by atoms with Crippen LogP contribution in [0.1, 0.15) is 5.69 Å². The largest absolute Gasteiger partial charge is 0.505 e. The van der Waals surface area contributed by atoms with Crippen molar-refractivity contribution in [2.45, 2.75) is 5.33 Å². The Kier molecular flexibility index (Phi) is 3.77. The van der Waals surface area contributed by atoms with Crippen LogP contribution in [-0.4, -0.2) is 24.9 Å². The van der Waals surface area contributed by atoms with Crippen molar-refractivity contribution in [3.8, 4) is 34.3 Å². The SMILES string of the molecule is Oc1c(-c2cccc(-n3c(O)ccc3O)c2)ccnc1CBr. The minimum atomic E-state index is -0.0604. The predicted octanol–water partition coefficient (Wildman–Crippen LogP) is 3.55.